The van der Waals surface area contributed by atoms with Gasteiger partial charge in [0.2, 0.25) is 0 Å². The average Bonchev–Trinajstić information content (AvgIpc) is 2.88. The van der Waals surface area contributed by atoms with Gasteiger partial charge in [0, 0.05) is 18.9 Å². The van der Waals surface area contributed by atoms with E-state index < -0.39 is 24.1 Å². The lowest BCUT2D eigenvalue weighted by molar-refractivity contribution is -0.274. The standard InChI is InChI=1S/C20H20F3N3O3/c1-19(2,3)16-10-24-9-8-13(16)11-25-12-17(27)26(18(25)28)14-4-6-15(7-5-14)29-20(21,22)23/h4-10H,11-12H2,1-3H3. The summed E-state index contributed by atoms with van der Waals surface area (Å²) in [4.78, 5) is 31.7. The van der Waals surface area contributed by atoms with Gasteiger partial charge in [0.15, 0.2) is 0 Å². The fourth-order valence-corrected chi connectivity index (χ4v) is 3.17. The molecule has 6 nitrogen and oxygen atoms in total. The molecule has 1 aliphatic rings. The number of amides is 3. The van der Waals surface area contributed by atoms with E-state index in [1.165, 1.54) is 17.0 Å². The highest BCUT2D eigenvalue weighted by atomic mass is 19.4. The lowest BCUT2D eigenvalue weighted by Gasteiger charge is -2.24. The van der Waals surface area contributed by atoms with Crippen LogP contribution in [0.2, 0.25) is 0 Å². The van der Waals surface area contributed by atoms with Crippen LogP contribution in [-0.4, -0.2) is 34.7 Å². The first kappa shape index (κ1) is 20.6. The second-order valence-corrected chi connectivity index (χ2v) is 7.69. The van der Waals surface area contributed by atoms with Crippen molar-refractivity contribution in [3.05, 3.63) is 53.9 Å². The smallest absolute Gasteiger partial charge is 0.406 e. The van der Waals surface area contributed by atoms with Crippen LogP contribution in [0.1, 0.15) is 31.9 Å². The molecule has 2 aromatic rings. The number of carbonyl (C=O) groups is 2. The number of anilines is 1. The van der Waals surface area contributed by atoms with Crippen molar-refractivity contribution < 1.29 is 27.5 Å². The van der Waals surface area contributed by atoms with E-state index in [9.17, 15) is 22.8 Å². The molecule has 2 heterocycles. The summed E-state index contributed by atoms with van der Waals surface area (Å²) < 4.78 is 40.7. The molecule has 9 heteroatoms. The highest BCUT2D eigenvalue weighted by Crippen LogP contribution is 2.30. The number of carbonyl (C=O) groups excluding carboxylic acids is 2. The number of halogens is 3. The Hall–Kier alpha value is -3.10. The van der Waals surface area contributed by atoms with E-state index in [1.807, 2.05) is 26.8 Å². The summed E-state index contributed by atoms with van der Waals surface area (Å²) in [7, 11) is 0. The van der Waals surface area contributed by atoms with E-state index in [0.717, 1.165) is 28.2 Å². The maximum atomic E-state index is 12.8. The maximum Gasteiger partial charge on any atom is 0.573 e. The molecule has 0 unspecified atom stereocenters. The predicted molar refractivity (Wildman–Crippen MR) is 99.4 cm³/mol. The summed E-state index contributed by atoms with van der Waals surface area (Å²) >= 11 is 0. The monoisotopic (exact) mass is 407 g/mol. The van der Waals surface area contributed by atoms with Crippen molar-refractivity contribution in [3.63, 3.8) is 0 Å². The summed E-state index contributed by atoms with van der Waals surface area (Å²) in [5, 5.41) is 0. The van der Waals surface area contributed by atoms with Crippen LogP contribution in [0.5, 0.6) is 5.75 Å². The maximum absolute atomic E-state index is 12.8. The molecule has 0 N–H and O–H groups in total. The Balaban J connectivity index is 1.79. The van der Waals surface area contributed by atoms with E-state index >= 15 is 0 Å². The van der Waals surface area contributed by atoms with Gasteiger partial charge in [0.25, 0.3) is 5.91 Å². The van der Waals surface area contributed by atoms with Gasteiger partial charge in [-0.25, -0.2) is 9.69 Å². The number of urea groups is 1. The van der Waals surface area contributed by atoms with Crippen molar-refractivity contribution in [2.45, 2.75) is 39.1 Å². The number of hydrogen-bond donors (Lipinski definition) is 0. The van der Waals surface area contributed by atoms with Crippen molar-refractivity contribution in [3.8, 4) is 5.75 Å². The van der Waals surface area contributed by atoms with Crippen LogP contribution in [0.15, 0.2) is 42.7 Å². The lowest BCUT2D eigenvalue weighted by Crippen LogP contribution is -2.33. The molecule has 1 aromatic heterocycles. The van der Waals surface area contributed by atoms with Crippen molar-refractivity contribution in [2.24, 2.45) is 0 Å². The summed E-state index contributed by atoms with van der Waals surface area (Å²) in [5.41, 5.74) is 1.84. The predicted octanol–water partition coefficient (Wildman–Crippen LogP) is 4.25. The number of rotatable bonds is 4. The molecule has 0 radical (unpaired) electrons. The van der Waals surface area contributed by atoms with Gasteiger partial charge < -0.3 is 9.64 Å². The molecule has 0 atom stereocenters. The molecule has 0 aliphatic carbocycles. The quantitative estimate of drug-likeness (QED) is 0.711. The van der Waals surface area contributed by atoms with Crippen LogP contribution in [0.25, 0.3) is 0 Å². The van der Waals surface area contributed by atoms with Crippen LogP contribution in [-0.2, 0) is 16.8 Å². The van der Waals surface area contributed by atoms with Crippen LogP contribution in [0.4, 0.5) is 23.7 Å². The molecule has 3 rings (SSSR count). The number of benzene rings is 1. The molecular formula is C20H20F3N3O3. The summed E-state index contributed by atoms with van der Waals surface area (Å²) in [6.07, 6.45) is -1.44. The van der Waals surface area contributed by atoms with Gasteiger partial charge in [-0.2, -0.15) is 0 Å². The molecule has 1 fully saturated rings. The minimum absolute atomic E-state index is 0.120. The molecule has 1 saturated heterocycles. The first-order valence-corrected chi connectivity index (χ1v) is 8.87. The molecular weight excluding hydrogens is 387 g/mol. The highest BCUT2D eigenvalue weighted by molar-refractivity contribution is 6.19. The molecule has 0 bridgehead atoms. The summed E-state index contributed by atoms with van der Waals surface area (Å²) in [6.45, 7) is 6.20. The number of imide groups is 1. The zero-order chi connectivity index (χ0) is 21.4. The number of pyridine rings is 1. The van der Waals surface area contributed by atoms with Gasteiger partial charge in [0.05, 0.1) is 5.69 Å². The topological polar surface area (TPSA) is 62.7 Å². The van der Waals surface area contributed by atoms with E-state index in [4.69, 9.17) is 0 Å². The Kier molecular flexibility index (Phi) is 5.25. The molecule has 1 aromatic carbocycles. The molecule has 0 saturated carbocycles. The normalized spacial score (nSPS) is 15.2. The van der Waals surface area contributed by atoms with Gasteiger partial charge in [-0.15, -0.1) is 13.2 Å². The second-order valence-electron chi connectivity index (χ2n) is 7.69. The Morgan fingerprint density at radius 3 is 2.31 bits per heavy atom. The lowest BCUT2D eigenvalue weighted by atomic mass is 9.85. The fourth-order valence-electron chi connectivity index (χ4n) is 3.17. The van der Waals surface area contributed by atoms with Gasteiger partial charge in [-0.05, 0) is 46.9 Å². The third-order valence-electron chi connectivity index (χ3n) is 4.45. The zero-order valence-corrected chi connectivity index (χ0v) is 16.2. The Morgan fingerprint density at radius 1 is 1.07 bits per heavy atom. The molecule has 29 heavy (non-hydrogen) atoms. The van der Waals surface area contributed by atoms with Crippen molar-refractivity contribution in [2.75, 3.05) is 11.4 Å². The Labute approximate surface area is 165 Å². The van der Waals surface area contributed by atoms with E-state index in [1.54, 1.807) is 12.4 Å². The van der Waals surface area contributed by atoms with Gasteiger partial charge in [-0.3, -0.25) is 9.78 Å². The third-order valence-corrected chi connectivity index (χ3v) is 4.45. The molecule has 0 spiro atoms. The Bertz CT molecular complexity index is 921. The van der Waals surface area contributed by atoms with Crippen molar-refractivity contribution in [1.82, 2.24) is 9.88 Å². The number of aromatic nitrogens is 1. The largest absolute Gasteiger partial charge is 0.573 e. The number of nitrogens with zero attached hydrogens (tertiary/aromatic N) is 3. The number of alkyl halides is 3. The number of ether oxygens (including phenoxy) is 1. The minimum Gasteiger partial charge on any atom is -0.406 e. The SMILES string of the molecule is CC(C)(C)c1cnccc1CN1CC(=O)N(c2ccc(OC(F)(F)F)cc2)C1=O. The van der Waals surface area contributed by atoms with E-state index in [-0.39, 0.29) is 24.2 Å². The van der Waals surface area contributed by atoms with Crippen LogP contribution in [0, 0.1) is 0 Å². The zero-order valence-electron chi connectivity index (χ0n) is 16.2. The minimum atomic E-state index is -4.81. The summed E-state index contributed by atoms with van der Waals surface area (Å²) in [5.74, 6) is -0.880. The first-order chi connectivity index (χ1) is 13.5. The van der Waals surface area contributed by atoms with E-state index in [0.29, 0.717) is 0 Å². The highest BCUT2D eigenvalue weighted by Gasteiger charge is 2.38. The number of hydrogen-bond acceptors (Lipinski definition) is 4. The third kappa shape index (κ3) is 4.67. The van der Waals surface area contributed by atoms with Gasteiger partial charge in [-0.1, -0.05) is 20.8 Å². The van der Waals surface area contributed by atoms with E-state index in [2.05, 4.69) is 9.72 Å². The van der Waals surface area contributed by atoms with Gasteiger partial charge >= 0.3 is 12.4 Å². The van der Waals surface area contributed by atoms with Crippen LogP contribution < -0.4 is 9.64 Å². The molecule has 3 amide bonds. The second kappa shape index (κ2) is 7.38. The van der Waals surface area contributed by atoms with Crippen molar-refractivity contribution in [1.29, 1.82) is 0 Å². The van der Waals surface area contributed by atoms with Crippen LogP contribution in [0.3, 0.4) is 0 Å². The average molecular weight is 407 g/mol. The van der Waals surface area contributed by atoms with Crippen molar-refractivity contribution >= 4 is 17.6 Å². The Morgan fingerprint density at radius 2 is 1.72 bits per heavy atom. The summed E-state index contributed by atoms with van der Waals surface area (Å²) in [6, 6.07) is 5.89. The molecule has 154 valence electrons. The van der Waals surface area contributed by atoms with Gasteiger partial charge in [0.1, 0.15) is 12.3 Å². The fraction of sp³-hybridized carbons (Fsp3) is 0.350. The first-order valence-electron chi connectivity index (χ1n) is 8.87. The molecule has 1 aliphatic heterocycles. The van der Waals surface area contributed by atoms with Crippen LogP contribution >= 0.6 is 0 Å².